The summed E-state index contributed by atoms with van der Waals surface area (Å²) in [5.74, 6) is 0.825. The topological polar surface area (TPSA) is 61.3 Å². The quantitative estimate of drug-likeness (QED) is 0.791. The summed E-state index contributed by atoms with van der Waals surface area (Å²) in [5.41, 5.74) is 12.8. The first-order valence-corrected chi connectivity index (χ1v) is 5.11. The lowest BCUT2D eigenvalue weighted by molar-refractivity contribution is 0.292. The van der Waals surface area contributed by atoms with Crippen molar-refractivity contribution in [2.45, 2.75) is 19.9 Å². The van der Waals surface area contributed by atoms with Gasteiger partial charge in [-0.3, -0.25) is 0 Å². The Morgan fingerprint density at radius 3 is 2.47 bits per heavy atom. The van der Waals surface area contributed by atoms with Crippen molar-refractivity contribution >= 4 is 0 Å². The Morgan fingerprint density at radius 2 is 1.93 bits per heavy atom. The van der Waals surface area contributed by atoms with Crippen LogP contribution in [0.25, 0.3) is 0 Å². The molecule has 0 saturated heterocycles. The summed E-state index contributed by atoms with van der Waals surface area (Å²) in [7, 11) is 1.65. The zero-order valence-electron chi connectivity index (χ0n) is 9.66. The van der Waals surface area contributed by atoms with Crippen molar-refractivity contribution in [3.8, 4) is 5.75 Å². The Labute approximate surface area is 91.4 Å². The van der Waals surface area contributed by atoms with Crippen molar-refractivity contribution < 1.29 is 4.74 Å². The summed E-state index contributed by atoms with van der Waals surface area (Å²) < 4.78 is 5.29. The molecule has 0 aliphatic heterocycles. The number of hydrogen-bond donors (Lipinski definition) is 2. The number of methoxy groups -OCH3 is 1. The maximum atomic E-state index is 6.20. The third kappa shape index (κ3) is 2.49. The molecule has 0 bridgehead atoms. The van der Waals surface area contributed by atoms with Gasteiger partial charge in [0.25, 0.3) is 0 Å². The van der Waals surface area contributed by atoms with E-state index in [0.717, 1.165) is 11.3 Å². The Hall–Kier alpha value is -1.06. The van der Waals surface area contributed by atoms with E-state index >= 15 is 0 Å². The van der Waals surface area contributed by atoms with Gasteiger partial charge in [0.1, 0.15) is 5.75 Å². The Morgan fingerprint density at radius 1 is 1.33 bits per heavy atom. The van der Waals surface area contributed by atoms with Crippen LogP contribution in [0.15, 0.2) is 24.3 Å². The maximum Gasteiger partial charge on any atom is 0.123 e. The fraction of sp³-hybridized carbons (Fsp3) is 0.500. The van der Waals surface area contributed by atoms with Crippen molar-refractivity contribution in [2.75, 3.05) is 13.7 Å². The van der Waals surface area contributed by atoms with Gasteiger partial charge in [-0.25, -0.2) is 0 Å². The van der Waals surface area contributed by atoms with Crippen molar-refractivity contribution in [3.05, 3.63) is 29.8 Å². The van der Waals surface area contributed by atoms with E-state index in [1.54, 1.807) is 7.11 Å². The molecule has 1 aromatic rings. The minimum absolute atomic E-state index is 0.112. The van der Waals surface area contributed by atoms with E-state index in [9.17, 15) is 0 Å². The molecule has 15 heavy (non-hydrogen) atoms. The fourth-order valence-corrected chi connectivity index (χ4v) is 1.47. The summed E-state index contributed by atoms with van der Waals surface area (Å²) in [4.78, 5) is 0. The van der Waals surface area contributed by atoms with Gasteiger partial charge in [0.15, 0.2) is 0 Å². The van der Waals surface area contributed by atoms with Gasteiger partial charge in [-0.05, 0) is 18.0 Å². The molecule has 84 valence electrons. The van der Waals surface area contributed by atoms with Crippen LogP contribution in [0, 0.1) is 5.41 Å². The number of nitrogens with two attached hydrogens (primary N) is 2. The summed E-state index contributed by atoms with van der Waals surface area (Å²) in [6.45, 7) is 4.67. The van der Waals surface area contributed by atoms with Gasteiger partial charge < -0.3 is 16.2 Å². The fourth-order valence-electron chi connectivity index (χ4n) is 1.47. The number of hydrogen-bond acceptors (Lipinski definition) is 3. The average Bonchev–Trinajstić information content (AvgIpc) is 2.28. The van der Waals surface area contributed by atoms with Crippen molar-refractivity contribution in [3.63, 3.8) is 0 Å². The molecule has 1 atom stereocenters. The molecule has 3 nitrogen and oxygen atoms in total. The molecule has 4 N–H and O–H groups in total. The van der Waals surface area contributed by atoms with Gasteiger partial charge in [-0.15, -0.1) is 0 Å². The van der Waals surface area contributed by atoms with E-state index < -0.39 is 0 Å². The van der Waals surface area contributed by atoms with Gasteiger partial charge >= 0.3 is 0 Å². The number of para-hydroxylation sites is 1. The van der Waals surface area contributed by atoms with Crippen LogP contribution in [0.3, 0.4) is 0 Å². The second kappa shape index (κ2) is 4.64. The second-order valence-electron chi connectivity index (χ2n) is 4.41. The number of ether oxygens (including phenoxy) is 1. The molecule has 0 aromatic heterocycles. The summed E-state index contributed by atoms with van der Waals surface area (Å²) in [6, 6.07) is 7.69. The third-order valence-corrected chi connectivity index (χ3v) is 2.84. The van der Waals surface area contributed by atoms with Crippen LogP contribution >= 0.6 is 0 Å². The molecular formula is C12H20N2O. The maximum absolute atomic E-state index is 6.20. The predicted molar refractivity (Wildman–Crippen MR) is 62.8 cm³/mol. The van der Waals surface area contributed by atoms with Crippen molar-refractivity contribution in [1.29, 1.82) is 0 Å². The standard InChI is InChI=1S/C12H20N2O/c1-12(2,8-13)11(14)9-6-4-5-7-10(9)15-3/h4-7,11H,8,13-14H2,1-3H3. The molecule has 1 rings (SSSR count). The number of benzene rings is 1. The molecule has 3 heteroatoms. The molecule has 0 fully saturated rings. The van der Waals surface area contributed by atoms with Crippen LogP contribution in [0.5, 0.6) is 5.75 Å². The molecule has 1 aromatic carbocycles. The minimum atomic E-state index is -0.130. The lowest BCUT2D eigenvalue weighted by Gasteiger charge is -2.31. The van der Waals surface area contributed by atoms with Gasteiger partial charge in [0.05, 0.1) is 7.11 Å². The van der Waals surface area contributed by atoms with E-state index in [-0.39, 0.29) is 11.5 Å². The highest BCUT2D eigenvalue weighted by atomic mass is 16.5. The smallest absolute Gasteiger partial charge is 0.123 e. The highest BCUT2D eigenvalue weighted by Gasteiger charge is 2.28. The van der Waals surface area contributed by atoms with Crippen LogP contribution in [0.1, 0.15) is 25.5 Å². The molecule has 0 aliphatic carbocycles. The molecule has 0 heterocycles. The van der Waals surface area contributed by atoms with Crippen LogP contribution in [0.2, 0.25) is 0 Å². The van der Waals surface area contributed by atoms with Gasteiger partial charge in [0, 0.05) is 11.6 Å². The molecule has 1 unspecified atom stereocenters. The van der Waals surface area contributed by atoms with Crippen molar-refractivity contribution in [1.82, 2.24) is 0 Å². The molecule has 0 radical (unpaired) electrons. The van der Waals surface area contributed by atoms with Gasteiger partial charge in [-0.1, -0.05) is 32.0 Å². The summed E-state index contributed by atoms with van der Waals surface area (Å²) >= 11 is 0. The van der Waals surface area contributed by atoms with E-state index in [1.165, 1.54) is 0 Å². The summed E-state index contributed by atoms with van der Waals surface area (Å²) in [6.07, 6.45) is 0. The Kier molecular flexibility index (Phi) is 3.72. The van der Waals surface area contributed by atoms with Gasteiger partial charge in [-0.2, -0.15) is 0 Å². The van der Waals surface area contributed by atoms with E-state index in [0.29, 0.717) is 6.54 Å². The lowest BCUT2D eigenvalue weighted by atomic mass is 9.81. The second-order valence-corrected chi connectivity index (χ2v) is 4.41. The minimum Gasteiger partial charge on any atom is -0.496 e. The SMILES string of the molecule is COc1ccccc1C(N)C(C)(C)CN. The highest BCUT2D eigenvalue weighted by molar-refractivity contribution is 5.36. The van der Waals surface area contributed by atoms with E-state index in [1.807, 2.05) is 24.3 Å². The summed E-state index contributed by atoms with van der Waals surface area (Å²) in [5, 5.41) is 0. The largest absolute Gasteiger partial charge is 0.496 e. The van der Waals surface area contributed by atoms with Crippen LogP contribution in [-0.2, 0) is 0 Å². The average molecular weight is 208 g/mol. The molecular weight excluding hydrogens is 188 g/mol. The molecule has 0 aliphatic rings. The van der Waals surface area contributed by atoms with Crippen LogP contribution in [0.4, 0.5) is 0 Å². The van der Waals surface area contributed by atoms with Gasteiger partial charge in [0.2, 0.25) is 0 Å². The third-order valence-electron chi connectivity index (χ3n) is 2.84. The first-order chi connectivity index (χ1) is 7.03. The van der Waals surface area contributed by atoms with E-state index in [4.69, 9.17) is 16.2 Å². The molecule has 0 spiro atoms. The lowest BCUT2D eigenvalue weighted by Crippen LogP contribution is -2.36. The normalized spacial score (nSPS) is 13.7. The zero-order valence-corrected chi connectivity index (χ0v) is 9.66. The van der Waals surface area contributed by atoms with Crippen molar-refractivity contribution in [2.24, 2.45) is 16.9 Å². The Balaban J connectivity index is 3.05. The number of rotatable bonds is 4. The predicted octanol–water partition coefficient (Wildman–Crippen LogP) is 1.68. The molecule has 0 amide bonds. The Bertz CT molecular complexity index is 323. The van der Waals surface area contributed by atoms with E-state index in [2.05, 4.69) is 13.8 Å². The highest BCUT2D eigenvalue weighted by Crippen LogP contribution is 2.34. The first-order valence-electron chi connectivity index (χ1n) is 5.11. The first kappa shape index (κ1) is 12.0. The monoisotopic (exact) mass is 208 g/mol. The van der Waals surface area contributed by atoms with Crippen LogP contribution in [-0.4, -0.2) is 13.7 Å². The molecule has 0 saturated carbocycles. The zero-order chi connectivity index (χ0) is 11.5. The van der Waals surface area contributed by atoms with Crippen LogP contribution < -0.4 is 16.2 Å².